The van der Waals surface area contributed by atoms with Crippen molar-refractivity contribution in [2.45, 2.75) is 39.2 Å². The van der Waals surface area contributed by atoms with Crippen LogP contribution in [0.4, 0.5) is 0 Å². The Hall–Kier alpha value is -0.340. The van der Waals surface area contributed by atoms with E-state index in [2.05, 4.69) is 59.4 Å². The summed E-state index contributed by atoms with van der Waals surface area (Å²) >= 11 is 3.50. The third-order valence-electron chi connectivity index (χ3n) is 2.54. The highest BCUT2D eigenvalue weighted by Gasteiger charge is 2.00. The molecule has 1 N–H and O–H groups in total. The summed E-state index contributed by atoms with van der Waals surface area (Å²) in [6, 6.07) is 9.22. The second kappa shape index (κ2) is 7.02. The van der Waals surface area contributed by atoms with E-state index in [1.54, 1.807) is 0 Å². The third kappa shape index (κ3) is 5.33. The molecule has 0 amide bonds. The minimum Gasteiger partial charge on any atom is -0.315 e. The van der Waals surface area contributed by atoms with Crippen molar-refractivity contribution in [2.24, 2.45) is 0 Å². The molecular weight excluding hydrogens is 250 g/mol. The molecule has 0 bridgehead atoms. The van der Waals surface area contributed by atoms with Gasteiger partial charge in [-0.25, -0.2) is 0 Å². The molecule has 15 heavy (non-hydrogen) atoms. The number of aryl methyl sites for hydroxylation is 1. The minimum absolute atomic E-state index is 0.641. The molecule has 1 aromatic carbocycles. The lowest BCUT2D eigenvalue weighted by Crippen LogP contribution is -2.25. The predicted octanol–water partition coefficient (Wildman–Crippen LogP) is 3.77. The van der Waals surface area contributed by atoms with Gasteiger partial charge in [-0.05, 0) is 50.4 Å². The Bertz CT molecular complexity index is 286. The summed E-state index contributed by atoms with van der Waals surface area (Å²) in [4.78, 5) is 0. The molecule has 0 aromatic heterocycles. The van der Waals surface area contributed by atoms with Gasteiger partial charge < -0.3 is 5.32 Å². The summed E-state index contributed by atoms with van der Waals surface area (Å²) < 4.78 is 1.18. The van der Waals surface area contributed by atoms with Crippen LogP contribution in [-0.2, 0) is 6.42 Å². The largest absolute Gasteiger partial charge is 0.315 e. The van der Waals surface area contributed by atoms with Gasteiger partial charge in [-0.3, -0.25) is 0 Å². The first-order valence-electron chi connectivity index (χ1n) is 5.70. The van der Waals surface area contributed by atoms with Crippen molar-refractivity contribution in [3.8, 4) is 0 Å². The van der Waals surface area contributed by atoms with Crippen LogP contribution in [0.25, 0.3) is 0 Å². The van der Waals surface area contributed by atoms with E-state index in [-0.39, 0.29) is 0 Å². The van der Waals surface area contributed by atoms with Gasteiger partial charge in [0.1, 0.15) is 0 Å². The maximum Gasteiger partial charge on any atom is 0.0177 e. The second-order valence-electron chi connectivity index (χ2n) is 3.98. The van der Waals surface area contributed by atoms with E-state index in [1.165, 1.54) is 29.3 Å². The Kier molecular flexibility index (Phi) is 5.96. The lowest BCUT2D eigenvalue weighted by atomic mass is 10.1. The Morgan fingerprint density at radius 2 is 2.20 bits per heavy atom. The summed E-state index contributed by atoms with van der Waals surface area (Å²) in [5.74, 6) is 0. The van der Waals surface area contributed by atoms with Crippen LogP contribution < -0.4 is 5.32 Å². The number of benzene rings is 1. The van der Waals surface area contributed by atoms with Gasteiger partial charge in [0, 0.05) is 10.5 Å². The van der Waals surface area contributed by atoms with E-state index in [0.29, 0.717) is 6.04 Å². The van der Waals surface area contributed by atoms with Crippen molar-refractivity contribution in [1.29, 1.82) is 0 Å². The molecular formula is C13H20BrN. The van der Waals surface area contributed by atoms with Gasteiger partial charge in [-0.15, -0.1) is 0 Å². The summed E-state index contributed by atoms with van der Waals surface area (Å²) in [5, 5.41) is 3.43. The highest BCUT2D eigenvalue weighted by atomic mass is 79.9. The molecule has 1 atom stereocenters. The van der Waals surface area contributed by atoms with E-state index < -0.39 is 0 Å². The zero-order valence-electron chi connectivity index (χ0n) is 9.59. The Morgan fingerprint density at radius 1 is 1.40 bits per heavy atom. The van der Waals surface area contributed by atoms with Crippen LogP contribution in [0.5, 0.6) is 0 Å². The zero-order valence-corrected chi connectivity index (χ0v) is 11.2. The molecule has 1 nitrogen and oxygen atoms in total. The molecule has 0 radical (unpaired) electrons. The minimum atomic E-state index is 0.641. The van der Waals surface area contributed by atoms with Crippen molar-refractivity contribution >= 4 is 15.9 Å². The molecule has 1 unspecified atom stereocenters. The van der Waals surface area contributed by atoms with Crippen LogP contribution in [0, 0.1) is 0 Å². The molecule has 0 aliphatic rings. The van der Waals surface area contributed by atoms with Crippen molar-refractivity contribution in [2.75, 3.05) is 6.54 Å². The smallest absolute Gasteiger partial charge is 0.0177 e. The molecule has 0 aliphatic heterocycles. The fourth-order valence-corrected chi connectivity index (χ4v) is 2.20. The van der Waals surface area contributed by atoms with Crippen molar-refractivity contribution in [3.63, 3.8) is 0 Å². The predicted molar refractivity (Wildman–Crippen MR) is 70.2 cm³/mol. The SMILES string of the molecule is CCNC(C)CCCc1cccc(Br)c1. The van der Waals surface area contributed by atoms with Gasteiger partial charge in [-0.2, -0.15) is 0 Å². The fraction of sp³-hybridized carbons (Fsp3) is 0.538. The molecule has 84 valence electrons. The monoisotopic (exact) mass is 269 g/mol. The van der Waals surface area contributed by atoms with Crippen LogP contribution in [0.3, 0.4) is 0 Å². The van der Waals surface area contributed by atoms with Gasteiger partial charge in [0.15, 0.2) is 0 Å². The van der Waals surface area contributed by atoms with Crippen LogP contribution in [-0.4, -0.2) is 12.6 Å². The number of nitrogens with one attached hydrogen (secondary N) is 1. The molecule has 0 aliphatic carbocycles. The number of hydrogen-bond acceptors (Lipinski definition) is 1. The first-order valence-corrected chi connectivity index (χ1v) is 6.49. The first kappa shape index (κ1) is 12.7. The number of hydrogen-bond donors (Lipinski definition) is 1. The summed E-state index contributed by atoms with van der Waals surface area (Å²) in [6.45, 7) is 5.48. The normalized spacial score (nSPS) is 12.7. The van der Waals surface area contributed by atoms with Crippen LogP contribution >= 0.6 is 15.9 Å². The Balaban J connectivity index is 2.25. The summed E-state index contributed by atoms with van der Waals surface area (Å²) in [6.07, 6.45) is 3.68. The Morgan fingerprint density at radius 3 is 2.87 bits per heavy atom. The summed E-state index contributed by atoms with van der Waals surface area (Å²) in [5.41, 5.74) is 1.42. The van der Waals surface area contributed by atoms with Crippen molar-refractivity contribution in [3.05, 3.63) is 34.3 Å². The van der Waals surface area contributed by atoms with E-state index >= 15 is 0 Å². The molecule has 0 fully saturated rings. The molecule has 0 spiro atoms. The van der Waals surface area contributed by atoms with E-state index in [0.717, 1.165) is 6.54 Å². The average Bonchev–Trinajstić information content (AvgIpc) is 2.18. The fourth-order valence-electron chi connectivity index (χ4n) is 1.76. The topological polar surface area (TPSA) is 12.0 Å². The van der Waals surface area contributed by atoms with Crippen molar-refractivity contribution < 1.29 is 0 Å². The molecule has 1 aromatic rings. The maximum atomic E-state index is 3.50. The quantitative estimate of drug-likeness (QED) is 0.829. The molecule has 0 heterocycles. The van der Waals surface area contributed by atoms with Crippen LogP contribution in [0.15, 0.2) is 28.7 Å². The van der Waals surface area contributed by atoms with Crippen molar-refractivity contribution in [1.82, 2.24) is 5.32 Å². The van der Waals surface area contributed by atoms with Gasteiger partial charge >= 0.3 is 0 Å². The maximum absolute atomic E-state index is 3.50. The first-order chi connectivity index (χ1) is 7.22. The Labute approximate surface area is 101 Å². The second-order valence-corrected chi connectivity index (χ2v) is 4.90. The zero-order chi connectivity index (χ0) is 11.1. The van der Waals surface area contributed by atoms with E-state index in [9.17, 15) is 0 Å². The van der Waals surface area contributed by atoms with Gasteiger partial charge in [0.25, 0.3) is 0 Å². The van der Waals surface area contributed by atoms with Crippen LogP contribution in [0.2, 0.25) is 0 Å². The third-order valence-corrected chi connectivity index (χ3v) is 3.04. The van der Waals surface area contributed by atoms with E-state index in [1.807, 2.05) is 0 Å². The molecule has 0 saturated heterocycles. The number of halogens is 1. The standard InChI is InChI=1S/C13H20BrN/c1-3-15-11(2)6-4-7-12-8-5-9-13(14)10-12/h5,8-11,15H,3-4,6-7H2,1-2H3. The average molecular weight is 270 g/mol. The van der Waals surface area contributed by atoms with Gasteiger partial charge in [0.2, 0.25) is 0 Å². The molecule has 0 saturated carbocycles. The molecule has 1 rings (SSSR count). The highest BCUT2D eigenvalue weighted by Crippen LogP contribution is 2.13. The van der Waals surface area contributed by atoms with Crippen LogP contribution in [0.1, 0.15) is 32.3 Å². The lowest BCUT2D eigenvalue weighted by Gasteiger charge is -2.11. The highest BCUT2D eigenvalue weighted by molar-refractivity contribution is 9.10. The molecule has 2 heteroatoms. The lowest BCUT2D eigenvalue weighted by molar-refractivity contribution is 0.512. The van der Waals surface area contributed by atoms with Gasteiger partial charge in [-0.1, -0.05) is 35.0 Å². The van der Waals surface area contributed by atoms with E-state index in [4.69, 9.17) is 0 Å². The van der Waals surface area contributed by atoms with Gasteiger partial charge in [0.05, 0.1) is 0 Å². The number of rotatable bonds is 6. The summed E-state index contributed by atoms with van der Waals surface area (Å²) in [7, 11) is 0.